The molecule has 1 rings (SSSR count). The highest BCUT2D eigenvalue weighted by atomic mass is 16.2. The molecule has 1 amide bonds. The molecule has 0 aliphatic heterocycles. The van der Waals surface area contributed by atoms with Crippen molar-refractivity contribution in [1.29, 1.82) is 5.26 Å². The topological polar surface area (TPSA) is 44.1 Å². The molecule has 0 aromatic heterocycles. The van der Waals surface area contributed by atoms with Crippen LogP contribution in [0.15, 0.2) is 59.8 Å². The molecule has 0 bridgehead atoms. The highest BCUT2D eigenvalue weighted by molar-refractivity contribution is 5.97. The van der Waals surface area contributed by atoms with Crippen LogP contribution in [0.1, 0.15) is 60.3 Å². The van der Waals surface area contributed by atoms with Crippen LogP contribution in [0.2, 0.25) is 0 Å². The Balaban J connectivity index is 2.85. The molecule has 0 heterocycles. The van der Waals surface area contributed by atoms with E-state index in [-0.39, 0.29) is 11.8 Å². The Morgan fingerprint density at radius 3 is 2.48 bits per heavy atom. The largest absolute Gasteiger partial charge is 0.339 e. The van der Waals surface area contributed by atoms with E-state index in [0.29, 0.717) is 19.0 Å². The monoisotopic (exact) mass is 394 g/mol. The van der Waals surface area contributed by atoms with Crippen LogP contribution < -0.4 is 0 Å². The van der Waals surface area contributed by atoms with Gasteiger partial charge in [0.25, 0.3) is 5.91 Å². The second kappa shape index (κ2) is 13.0. The van der Waals surface area contributed by atoms with E-state index in [4.69, 9.17) is 5.26 Å². The zero-order valence-electron chi connectivity index (χ0n) is 18.9. The third-order valence-electron chi connectivity index (χ3n) is 5.84. The van der Waals surface area contributed by atoms with Crippen molar-refractivity contribution in [3.05, 3.63) is 59.8 Å². The zero-order chi connectivity index (χ0) is 21.8. The lowest BCUT2D eigenvalue weighted by molar-refractivity contribution is -0.126. The summed E-state index contributed by atoms with van der Waals surface area (Å²) in [6.45, 7) is 15.8. The number of hydrogen-bond acceptors (Lipinski definition) is 2. The first-order valence-electron chi connectivity index (χ1n) is 11.0. The molecule has 0 aromatic rings. The van der Waals surface area contributed by atoms with Crippen LogP contribution in [-0.2, 0) is 4.79 Å². The maximum absolute atomic E-state index is 13.3. The van der Waals surface area contributed by atoms with Crippen LogP contribution in [0.25, 0.3) is 0 Å². The smallest absolute Gasteiger partial charge is 0.253 e. The van der Waals surface area contributed by atoms with Crippen LogP contribution in [0.5, 0.6) is 0 Å². The van der Waals surface area contributed by atoms with E-state index in [1.165, 1.54) is 24.5 Å². The number of nitrogens with zero attached hydrogens (tertiary/aromatic N) is 2. The standard InChI is InChI=1S/C26H38N2O/c1-7-22(13-11-12-17-27)20(5)16-18-28(10-4)26(29)25(9-3)23(8-2)19-21(6)24-14-15-24/h7,9,11-13,19-21,24H,1,8,10,14-16,18H2,2-6H3/b12-11+,22-13+,23-19-,25-9+. The number of carbonyl (C=O) groups is 1. The Morgan fingerprint density at radius 2 is 2.00 bits per heavy atom. The molecule has 0 saturated heterocycles. The van der Waals surface area contributed by atoms with E-state index in [1.807, 2.05) is 43.0 Å². The minimum atomic E-state index is 0.131. The molecule has 0 radical (unpaired) electrons. The van der Waals surface area contributed by atoms with Crippen LogP contribution in [-0.4, -0.2) is 23.9 Å². The van der Waals surface area contributed by atoms with Crippen molar-refractivity contribution in [2.45, 2.75) is 60.3 Å². The average Bonchev–Trinajstić information content (AvgIpc) is 3.56. The number of carbonyl (C=O) groups excluding carboxylic acids is 1. The van der Waals surface area contributed by atoms with E-state index in [0.717, 1.165) is 29.9 Å². The minimum Gasteiger partial charge on any atom is -0.339 e. The Labute approximate surface area is 178 Å². The molecule has 1 aliphatic rings. The molecule has 1 aliphatic carbocycles. The number of likely N-dealkylation sites (N-methyl/N-ethyl adjacent to an activating group) is 1. The summed E-state index contributed by atoms with van der Waals surface area (Å²) in [4.78, 5) is 15.2. The van der Waals surface area contributed by atoms with Crippen molar-refractivity contribution in [3.8, 4) is 6.07 Å². The Kier molecular flexibility index (Phi) is 11.1. The molecule has 0 aromatic carbocycles. The van der Waals surface area contributed by atoms with Gasteiger partial charge >= 0.3 is 0 Å². The van der Waals surface area contributed by atoms with E-state index in [2.05, 4.69) is 33.4 Å². The van der Waals surface area contributed by atoms with Crippen molar-refractivity contribution in [2.75, 3.05) is 13.1 Å². The molecule has 0 spiro atoms. The summed E-state index contributed by atoms with van der Waals surface area (Å²) in [6.07, 6.45) is 15.6. The number of nitriles is 1. The third kappa shape index (κ3) is 7.89. The van der Waals surface area contributed by atoms with Gasteiger partial charge < -0.3 is 4.90 Å². The lowest BCUT2D eigenvalue weighted by Crippen LogP contribution is -2.34. The summed E-state index contributed by atoms with van der Waals surface area (Å²) in [5.41, 5.74) is 3.11. The summed E-state index contributed by atoms with van der Waals surface area (Å²) < 4.78 is 0. The van der Waals surface area contributed by atoms with Gasteiger partial charge in [-0.3, -0.25) is 4.79 Å². The van der Waals surface area contributed by atoms with Gasteiger partial charge in [-0.15, -0.1) is 0 Å². The summed E-state index contributed by atoms with van der Waals surface area (Å²) >= 11 is 0. The van der Waals surface area contributed by atoms with E-state index in [9.17, 15) is 4.79 Å². The number of rotatable bonds is 12. The van der Waals surface area contributed by atoms with E-state index >= 15 is 0 Å². The van der Waals surface area contributed by atoms with Crippen LogP contribution in [0.3, 0.4) is 0 Å². The van der Waals surface area contributed by atoms with Crippen LogP contribution in [0, 0.1) is 29.1 Å². The SMILES string of the molecule is C=C/C(=C\C=C\C#N)C(C)CCN(CC)C(=O)C(=C/C)/C(=C\C(C)C1CC1)CC. The van der Waals surface area contributed by atoms with Gasteiger partial charge in [0.05, 0.1) is 6.07 Å². The van der Waals surface area contributed by atoms with Gasteiger partial charge in [0.1, 0.15) is 0 Å². The Morgan fingerprint density at radius 1 is 1.31 bits per heavy atom. The van der Waals surface area contributed by atoms with Gasteiger partial charge in [0.2, 0.25) is 0 Å². The molecular formula is C26H38N2O. The molecule has 29 heavy (non-hydrogen) atoms. The highest BCUT2D eigenvalue weighted by Crippen LogP contribution is 2.38. The fourth-order valence-electron chi connectivity index (χ4n) is 3.65. The normalized spacial score (nSPS) is 17.7. The third-order valence-corrected chi connectivity index (χ3v) is 5.84. The predicted octanol–water partition coefficient (Wildman–Crippen LogP) is 6.38. The number of hydrogen-bond donors (Lipinski definition) is 0. The second-order valence-electron chi connectivity index (χ2n) is 7.88. The summed E-state index contributed by atoms with van der Waals surface area (Å²) in [6, 6.07) is 2.00. The molecule has 3 heteroatoms. The van der Waals surface area contributed by atoms with Gasteiger partial charge in [-0.2, -0.15) is 5.26 Å². The first kappa shape index (κ1) is 24.7. The zero-order valence-corrected chi connectivity index (χ0v) is 18.9. The molecule has 1 saturated carbocycles. The maximum Gasteiger partial charge on any atom is 0.253 e. The summed E-state index contributed by atoms with van der Waals surface area (Å²) in [5.74, 6) is 1.74. The van der Waals surface area contributed by atoms with Gasteiger partial charge in [0.15, 0.2) is 0 Å². The molecule has 0 N–H and O–H groups in total. The van der Waals surface area contributed by atoms with Crippen molar-refractivity contribution < 1.29 is 4.79 Å². The first-order valence-corrected chi connectivity index (χ1v) is 11.0. The summed E-state index contributed by atoms with van der Waals surface area (Å²) in [7, 11) is 0. The van der Waals surface area contributed by atoms with E-state index in [1.54, 1.807) is 6.08 Å². The predicted molar refractivity (Wildman–Crippen MR) is 123 cm³/mol. The fourth-order valence-corrected chi connectivity index (χ4v) is 3.65. The Bertz CT molecular complexity index is 713. The van der Waals surface area contributed by atoms with Gasteiger partial charge in [0, 0.05) is 24.7 Å². The quantitative estimate of drug-likeness (QED) is 0.219. The van der Waals surface area contributed by atoms with Gasteiger partial charge in [-0.05, 0) is 68.4 Å². The average molecular weight is 395 g/mol. The lowest BCUT2D eigenvalue weighted by atomic mass is 9.94. The minimum absolute atomic E-state index is 0.131. The van der Waals surface area contributed by atoms with Gasteiger partial charge in [-0.1, -0.05) is 57.7 Å². The molecule has 3 nitrogen and oxygen atoms in total. The first-order chi connectivity index (χ1) is 13.9. The van der Waals surface area contributed by atoms with E-state index < -0.39 is 0 Å². The fraction of sp³-hybridized carbons (Fsp3) is 0.538. The van der Waals surface area contributed by atoms with Crippen molar-refractivity contribution in [1.82, 2.24) is 4.90 Å². The number of amides is 1. The highest BCUT2D eigenvalue weighted by Gasteiger charge is 2.27. The molecule has 158 valence electrons. The second-order valence-corrected chi connectivity index (χ2v) is 7.88. The van der Waals surface area contributed by atoms with Crippen LogP contribution >= 0.6 is 0 Å². The molecular weight excluding hydrogens is 356 g/mol. The van der Waals surface area contributed by atoms with Crippen molar-refractivity contribution >= 4 is 5.91 Å². The Hall–Kier alpha value is -2.34. The molecule has 1 fully saturated rings. The molecule has 2 unspecified atom stereocenters. The van der Waals surface area contributed by atoms with Crippen LogP contribution in [0.4, 0.5) is 0 Å². The summed E-state index contributed by atoms with van der Waals surface area (Å²) in [5, 5.41) is 8.64. The maximum atomic E-state index is 13.3. The van der Waals surface area contributed by atoms with Gasteiger partial charge in [-0.25, -0.2) is 0 Å². The van der Waals surface area contributed by atoms with Crippen molar-refractivity contribution in [2.24, 2.45) is 17.8 Å². The lowest BCUT2D eigenvalue weighted by Gasteiger charge is -2.25. The molecule has 2 atom stereocenters. The van der Waals surface area contributed by atoms with Crippen molar-refractivity contribution in [3.63, 3.8) is 0 Å². The number of allylic oxidation sites excluding steroid dienone is 7.